The molecule has 0 spiro atoms. The lowest BCUT2D eigenvalue weighted by molar-refractivity contribution is -0.133. The van der Waals surface area contributed by atoms with Gasteiger partial charge in [0.25, 0.3) is 0 Å². The Morgan fingerprint density at radius 2 is 2.13 bits per heavy atom. The number of nitrogens with zero attached hydrogens (tertiary/aromatic N) is 7. The minimum Gasteiger partial charge on any atom is -0.340 e. The van der Waals surface area contributed by atoms with Crippen LogP contribution in [0.15, 0.2) is 17.2 Å². The van der Waals surface area contributed by atoms with Gasteiger partial charge in [0.1, 0.15) is 12.7 Å². The van der Waals surface area contributed by atoms with Crippen LogP contribution >= 0.6 is 0 Å². The van der Waals surface area contributed by atoms with E-state index in [2.05, 4.69) is 25.1 Å². The Hall–Kier alpha value is -2.29. The van der Waals surface area contributed by atoms with Crippen molar-refractivity contribution in [3.8, 4) is 0 Å². The summed E-state index contributed by atoms with van der Waals surface area (Å²) >= 11 is 0. The van der Waals surface area contributed by atoms with Gasteiger partial charge in [-0.3, -0.25) is 14.4 Å². The lowest BCUT2D eigenvalue weighted by Crippen LogP contribution is -2.48. The third kappa shape index (κ3) is 4.13. The van der Waals surface area contributed by atoms with Crippen molar-refractivity contribution in [1.82, 2.24) is 34.7 Å². The first-order valence-electron chi connectivity index (χ1n) is 7.88. The molecule has 23 heavy (non-hydrogen) atoms. The predicted molar refractivity (Wildman–Crippen MR) is 80.2 cm³/mol. The van der Waals surface area contributed by atoms with E-state index >= 15 is 0 Å². The Balaban J connectivity index is 1.41. The maximum Gasteiger partial charge on any atom is 0.226 e. The van der Waals surface area contributed by atoms with E-state index in [1.165, 1.54) is 6.33 Å². The summed E-state index contributed by atoms with van der Waals surface area (Å²) in [7, 11) is 0. The standard InChI is InChI=1S/C14H21N7O2/c1-2-13-17-12(18-23-13)9-19-5-7-20(8-6-19)14(22)3-4-21-11-15-10-16-21/h10-11H,2-9H2,1H3. The summed E-state index contributed by atoms with van der Waals surface area (Å²) in [5.41, 5.74) is 0. The molecule has 2 aromatic rings. The molecular weight excluding hydrogens is 298 g/mol. The summed E-state index contributed by atoms with van der Waals surface area (Å²) in [5, 5.41) is 7.97. The number of carbonyl (C=O) groups is 1. The van der Waals surface area contributed by atoms with Crippen LogP contribution < -0.4 is 0 Å². The molecule has 0 unspecified atom stereocenters. The molecule has 0 aromatic carbocycles. The second kappa shape index (κ2) is 7.32. The quantitative estimate of drug-likeness (QED) is 0.737. The van der Waals surface area contributed by atoms with E-state index in [1.807, 2.05) is 11.8 Å². The summed E-state index contributed by atoms with van der Waals surface area (Å²) in [5.74, 6) is 1.54. The van der Waals surface area contributed by atoms with Gasteiger partial charge < -0.3 is 9.42 Å². The Bertz CT molecular complexity index is 617. The molecule has 1 aliphatic rings. The van der Waals surface area contributed by atoms with Crippen molar-refractivity contribution in [2.75, 3.05) is 26.2 Å². The van der Waals surface area contributed by atoms with Crippen LogP contribution in [0.25, 0.3) is 0 Å². The highest BCUT2D eigenvalue weighted by molar-refractivity contribution is 5.76. The molecule has 124 valence electrons. The first-order valence-corrected chi connectivity index (χ1v) is 7.88. The van der Waals surface area contributed by atoms with Gasteiger partial charge in [-0.05, 0) is 0 Å². The maximum atomic E-state index is 12.2. The monoisotopic (exact) mass is 319 g/mol. The number of hydrogen-bond donors (Lipinski definition) is 0. The number of carbonyl (C=O) groups excluding carboxylic acids is 1. The molecule has 9 nitrogen and oxygen atoms in total. The van der Waals surface area contributed by atoms with Crippen molar-refractivity contribution in [2.45, 2.75) is 32.9 Å². The topological polar surface area (TPSA) is 93.2 Å². The highest BCUT2D eigenvalue weighted by Crippen LogP contribution is 2.08. The van der Waals surface area contributed by atoms with Gasteiger partial charge in [0.05, 0.1) is 13.1 Å². The number of aryl methyl sites for hydroxylation is 2. The van der Waals surface area contributed by atoms with Gasteiger partial charge in [-0.2, -0.15) is 10.1 Å². The van der Waals surface area contributed by atoms with Gasteiger partial charge in [0, 0.05) is 39.0 Å². The van der Waals surface area contributed by atoms with Crippen LogP contribution in [-0.4, -0.2) is 66.8 Å². The van der Waals surface area contributed by atoms with Crippen LogP contribution in [-0.2, 0) is 24.3 Å². The average molecular weight is 319 g/mol. The summed E-state index contributed by atoms with van der Waals surface area (Å²) < 4.78 is 6.79. The molecule has 0 atom stereocenters. The molecule has 0 aliphatic carbocycles. The van der Waals surface area contributed by atoms with E-state index in [4.69, 9.17) is 4.52 Å². The molecule has 0 N–H and O–H groups in total. The molecule has 1 saturated heterocycles. The Morgan fingerprint density at radius 3 is 2.78 bits per heavy atom. The Kier molecular flexibility index (Phi) is 4.96. The minimum absolute atomic E-state index is 0.160. The van der Waals surface area contributed by atoms with E-state index in [0.29, 0.717) is 31.2 Å². The molecule has 9 heteroatoms. The SMILES string of the molecule is CCc1nc(CN2CCN(C(=O)CCn3cncn3)CC2)no1. The van der Waals surface area contributed by atoms with Gasteiger partial charge in [-0.15, -0.1) is 0 Å². The predicted octanol–water partition coefficient (Wildman–Crippen LogP) is -0.0420. The van der Waals surface area contributed by atoms with Gasteiger partial charge >= 0.3 is 0 Å². The number of rotatable bonds is 6. The van der Waals surface area contributed by atoms with Crippen LogP contribution in [0.4, 0.5) is 0 Å². The van der Waals surface area contributed by atoms with Gasteiger partial charge in [0.15, 0.2) is 5.82 Å². The lowest BCUT2D eigenvalue weighted by atomic mass is 10.2. The smallest absolute Gasteiger partial charge is 0.226 e. The molecule has 0 bridgehead atoms. The second-order valence-electron chi connectivity index (χ2n) is 5.52. The zero-order valence-corrected chi connectivity index (χ0v) is 13.3. The van der Waals surface area contributed by atoms with Crippen molar-refractivity contribution in [3.05, 3.63) is 24.4 Å². The van der Waals surface area contributed by atoms with E-state index in [1.54, 1.807) is 11.0 Å². The second-order valence-corrected chi connectivity index (χ2v) is 5.52. The van der Waals surface area contributed by atoms with Gasteiger partial charge in [0.2, 0.25) is 11.8 Å². The van der Waals surface area contributed by atoms with Crippen LogP contribution in [0.3, 0.4) is 0 Å². The zero-order chi connectivity index (χ0) is 16.1. The summed E-state index contributed by atoms with van der Waals surface area (Å²) in [4.78, 5) is 24.5. The molecular formula is C14H21N7O2. The number of aromatic nitrogens is 5. The number of amides is 1. The molecule has 3 rings (SSSR count). The van der Waals surface area contributed by atoms with Crippen molar-refractivity contribution >= 4 is 5.91 Å². The summed E-state index contributed by atoms with van der Waals surface area (Å²) in [6, 6.07) is 0. The largest absolute Gasteiger partial charge is 0.340 e. The van der Waals surface area contributed by atoms with Gasteiger partial charge in [-0.1, -0.05) is 12.1 Å². The van der Waals surface area contributed by atoms with Crippen molar-refractivity contribution < 1.29 is 9.32 Å². The molecule has 1 fully saturated rings. The molecule has 2 aromatic heterocycles. The van der Waals surface area contributed by atoms with E-state index in [0.717, 1.165) is 32.6 Å². The van der Waals surface area contributed by atoms with Crippen LogP contribution in [0, 0.1) is 0 Å². The van der Waals surface area contributed by atoms with E-state index in [-0.39, 0.29) is 5.91 Å². The third-order valence-electron chi connectivity index (χ3n) is 3.92. The fraction of sp³-hybridized carbons (Fsp3) is 0.643. The highest BCUT2D eigenvalue weighted by Gasteiger charge is 2.22. The Morgan fingerprint density at radius 1 is 1.30 bits per heavy atom. The Labute approximate surface area is 134 Å². The van der Waals surface area contributed by atoms with Crippen molar-refractivity contribution in [3.63, 3.8) is 0 Å². The lowest BCUT2D eigenvalue weighted by Gasteiger charge is -2.34. The van der Waals surface area contributed by atoms with Crippen LogP contribution in [0.5, 0.6) is 0 Å². The molecule has 1 amide bonds. The van der Waals surface area contributed by atoms with Crippen molar-refractivity contribution in [2.24, 2.45) is 0 Å². The van der Waals surface area contributed by atoms with E-state index in [9.17, 15) is 4.79 Å². The van der Waals surface area contributed by atoms with Crippen LogP contribution in [0.2, 0.25) is 0 Å². The molecule has 0 saturated carbocycles. The summed E-state index contributed by atoms with van der Waals surface area (Å²) in [6.45, 7) is 6.34. The summed E-state index contributed by atoms with van der Waals surface area (Å²) in [6.07, 6.45) is 4.31. The zero-order valence-electron chi connectivity index (χ0n) is 13.3. The van der Waals surface area contributed by atoms with E-state index < -0.39 is 0 Å². The molecule has 0 radical (unpaired) electrons. The van der Waals surface area contributed by atoms with Crippen molar-refractivity contribution in [1.29, 1.82) is 0 Å². The average Bonchev–Trinajstić information content (AvgIpc) is 3.25. The van der Waals surface area contributed by atoms with Crippen LogP contribution in [0.1, 0.15) is 25.1 Å². The molecule has 3 heterocycles. The minimum atomic E-state index is 0.160. The third-order valence-corrected chi connectivity index (χ3v) is 3.92. The fourth-order valence-electron chi connectivity index (χ4n) is 2.57. The van der Waals surface area contributed by atoms with Gasteiger partial charge in [-0.25, -0.2) is 4.98 Å². The normalized spacial score (nSPS) is 16.0. The first kappa shape index (κ1) is 15.6. The first-order chi connectivity index (χ1) is 11.2. The number of piperazine rings is 1. The highest BCUT2D eigenvalue weighted by atomic mass is 16.5. The maximum absolute atomic E-state index is 12.2. The molecule has 1 aliphatic heterocycles. The fourth-order valence-corrected chi connectivity index (χ4v) is 2.57. The number of hydrogen-bond acceptors (Lipinski definition) is 7.